The molecule has 5 nitrogen and oxygen atoms in total. The summed E-state index contributed by atoms with van der Waals surface area (Å²) in [5.41, 5.74) is 0.556. The van der Waals surface area contributed by atoms with Gasteiger partial charge in [0.05, 0.1) is 18.1 Å². The molecule has 1 rings (SSSR count). The van der Waals surface area contributed by atoms with Crippen LogP contribution in [0.5, 0.6) is 0 Å². The van der Waals surface area contributed by atoms with Crippen LogP contribution in [0.15, 0.2) is 23.1 Å². The number of ether oxygens (including phenoxy) is 1. The number of methoxy groups -OCH3 is 1. The maximum atomic E-state index is 11.8. The van der Waals surface area contributed by atoms with Crippen molar-refractivity contribution >= 4 is 21.6 Å². The highest BCUT2D eigenvalue weighted by Crippen LogP contribution is 2.19. The minimum atomic E-state index is -3.67. The van der Waals surface area contributed by atoms with E-state index < -0.39 is 10.0 Å². The van der Waals surface area contributed by atoms with Crippen LogP contribution in [0.25, 0.3) is 0 Å². The molecule has 0 radical (unpaired) electrons. The maximum absolute atomic E-state index is 11.8. The molecule has 0 saturated heterocycles. The monoisotopic (exact) mass is 279 g/mol. The Morgan fingerprint density at radius 1 is 1.35 bits per heavy atom. The second kappa shape index (κ2) is 6.32. The van der Waals surface area contributed by atoms with E-state index in [9.17, 15) is 8.42 Å². The molecular formula is C10H14ClNO4S. The second-order valence-electron chi connectivity index (χ2n) is 3.34. The van der Waals surface area contributed by atoms with Gasteiger partial charge >= 0.3 is 0 Å². The van der Waals surface area contributed by atoms with Crippen molar-refractivity contribution in [2.75, 3.05) is 20.3 Å². The maximum Gasteiger partial charge on any atom is 0.262 e. The van der Waals surface area contributed by atoms with Crippen molar-refractivity contribution in [1.29, 1.82) is 0 Å². The van der Waals surface area contributed by atoms with Crippen LogP contribution in [0.1, 0.15) is 5.56 Å². The summed E-state index contributed by atoms with van der Waals surface area (Å²) in [5, 5.41) is 0.488. The highest BCUT2D eigenvalue weighted by Gasteiger charge is 2.16. The molecule has 0 aliphatic carbocycles. The molecule has 96 valence electrons. The molecule has 0 atom stereocenters. The minimum Gasteiger partial charge on any atom is -0.382 e. The van der Waals surface area contributed by atoms with Crippen molar-refractivity contribution in [3.05, 3.63) is 28.8 Å². The standard InChI is InChI=1S/C10H14ClNO4S/c1-8-7-9(11)3-4-10(8)17(13,14)12-16-6-5-15-2/h3-4,7,12H,5-6H2,1-2H3. The highest BCUT2D eigenvalue weighted by molar-refractivity contribution is 7.89. The third kappa shape index (κ3) is 4.25. The first-order chi connectivity index (χ1) is 7.97. The van der Waals surface area contributed by atoms with Gasteiger partial charge in [0.15, 0.2) is 0 Å². The smallest absolute Gasteiger partial charge is 0.262 e. The quantitative estimate of drug-likeness (QED) is 0.633. The molecule has 0 unspecified atom stereocenters. The van der Waals surface area contributed by atoms with Crippen molar-refractivity contribution < 1.29 is 18.0 Å². The van der Waals surface area contributed by atoms with Crippen LogP contribution in [0.4, 0.5) is 0 Å². The average Bonchev–Trinajstić information content (AvgIpc) is 2.24. The van der Waals surface area contributed by atoms with Gasteiger partial charge in [-0.15, -0.1) is 0 Å². The van der Waals surface area contributed by atoms with E-state index in [4.69, 9.17) is 21.2 Å². The lowest BCUT2D eigenvalue weighted by atomic mass is 10.2. The van der Waals surface area contributed by atoms with Crippen molar-refractivity contribution in [1.82, 2.24) is 4.89 Å². The van der Waals surface area contributed by atoms with Crippen molar-refractivity contribution in [3.8, 4) is 0 Å². The average molecular weight is 280 g/mol. The van der Waals surface area contributed by atoms with Crippen molar-refractivity contribution in [3.63, 3.8) is 0 Å². The molecule has 0 aliphatic heterocycles. The third-order valence-electron chi connectivity index (χ3n) is 1.98. The Kier molecular flexibility index (Phi) is 5.35. The molecule has 1 aromatic carbocycles. The lowest BCUT2D eigenvalue weighted by molar-refractivity contribution is 0.0438. The van der Waals surface area contributed by atoms with E-state index in [0.29, 0.717) is 17.2 Å². The van der Waals surface area contributed by atoms with E-state index in [1.54, 1.807) is 13.0 Å². The Labute approximate surface area is 106 Å². The van der Waals surface area contributed by atoms with Crippen LogP contribution in [0, 0.1) is 6.92 Å². The number of benzene rings is 1. The summed E-state index contributed by atoms with van der Waals surface area (Å²) < 4.78 is 28.3. The first-order valence-corrected chi connectivity index (χ1v) is 6.72. The fraction of sp³-hybridized carbons (Fsp3) is 0.400. The molecule has 1 aromatic rings. The number of hydrogen-bond donors (Lipinski definition) is 1. The van der Waals surface area contributed by atoms with Crippen LogP contribution in [0.3, 0.4) is 0 Å². The van der Waals surface area contributed by atoms with Crippen molar-refractivity contribution in [2.24, 2.45) is 0 Å². The third-order valence-corrected chi connectivity index (χ3v) is 3.59. The second-order valence-corrected chi connectivity index (χ2v) is 5.39. The topological polar surface area (TPSA) is 64.6 Å². The molecular weight excluding hydrogens is 266 g/mol. The van der Waals surface area contributed by atoms with Crippen LogP contribution in [-0.2, 0) is 19.6 Å². The first-order valence-electron chi connectivity index (χ1n) is 4.86. The van der Waals surface area contributed by atoms with Crippen molar-refractivity contribution in [2.45, 2.75) is 11.8 Å². The highest BCUT2D eigenvalue weighted by atomic mass is 35.5. The van der Waals surface area contributed by atoms with Gasteiger partial charge in [-0.3, -0.25) is 4.84 Å². The van der Waals surface area contributed by atoms with Gasteiger partial charge in [0, 0.05) is 12.1 Å². The minimum absolute atomic E-state index is 0.138. The van der Waals surface area contributed by atoms with Crippen LogP contribution in [0.2, 0.25) is 5.02 Å². The van der Waals surface area contributed by atoms with Gasteiger partial charge in [-0.2, -0.15) is 0 Å². The summed E-state index contributed by atoms with van der Waals surface area (Å²) >= 11 is 5.75. The zero-order valence-electron chi connectivity index (χ0n) is 9.57. The number of hydrogen-bond acceptors (Lipinski definition) is 4. The van der Waals surface area contributed by atoms with Gasteiger partial charge in [-0.1, -0.05) is 16.5 Å². The molecule has 0 fully saturated rings. The van der Waals surface area contributed by atoms with Crippen LogP contribution < -0.4 is 4.89 Å². The largest absolute Gasteiger partial charge is 0.382 e. The number of aryl methyl sites for hydroxylation is 1. The first kappa shape index (κ1) is 14.4. The Balaban J connectivity index is 2.76. The fourth-order valence-electron chi connectivity index (χ4n) is 1.20. The van der Waals surface area contributed by atoms with Crippen LogP contribution in [-0.4, -0.2) is 28.7 Å². The Bertz CT molecular complexity index is 475. The normalized spacial score (nSPS) is 11.7. The zero-order chi connectivity index (χ0) is 12.9. The number of halogens is 1. The van der Waals surface area contributed by atoms with Gasteiger partial charge in [-0.05, 0) is 30.7 Å². The molecule has 0 saturated carbocycles. The fourth-order valence-corrected chi connectivity index (χ4v) is 2.49. The SMILES string of the molecule is COCCONS(=O)(=O)c1ccc(Cl)cc1C. The van der Waals surface area contributed by atoms with Gasteiger partial charge in [-0.25, -0.2) is 8.42 Å². The van der Waals surface area contributed by atoms with Gasteiger partial charge in [0.2, 0.25) is 0 Å². The number of sulfonamides is 1. The molecule has 17 heavy (non-hydrogen) atoms. The van der Waals surface area contributed by atoms with E-state index in [-0.39, 0.29) is 11.5 Å². The molecule has 0 spiro atoms. The van der Waals surface area contributed by atoms with E-state index >= 15 is 0 Å². The van der Waals surface area contributed by atoms with E-state index in [0.717, 1.165) is 0 Å². The molecule has 0 aliphatic rings. The Morgan fingerprint density at radius 3 is 2.65 bits per heavy atom. The predicted molar refractivity (Wildman–Crippen MR) is 64.3 cm³/mol. The summed E-state index contributed by atoms with van der Waals surface area (Å²) in [5.74, 6) is 0. The molecule has 0 bridgehead atoms. The summed E-state index contributed by atoms with van der Waals surface area (Å²) in [6, 6.07) is 4.52. The summed E-state index contributed by atoms with van der Waals surface area (Å²) in [7, 11) is -2.17. The molecule has 0 aromatic heterocycles. The van der Waals surface area contributed by atoms with E-state index in [1.165, 1.54) is 19.2 Å². The molecule has 1 N–H and O–H groups in total. The van der Waals surface area contributed by atoms with Gasteiger partial charge in [0.25, 0.3) is 10.0 Å². The van der Waals surface area contributed by atoms with Gasteiger partial charge < -0.3 is 4.74 Å². The van der Waals surface area contributed by atoms with Gasteiger partial charge in [0.1, 0.15) is 0 Å². The Hall–Kier alpha value is -0.660. The number of rotatable bonds is 6. The van der Waals surface area contributed by atoms with E-state index in [2.05, 4.69) is 0 Å². The molecule has 0 amide bonds. The summed E-state index contributed by atoms with van der Waals surface area (Å²) in [4.78, 5) is 6.94. The summed E-state index contributed by atoms with van der Waals surface area (Å²) in [6.45, 7) is 2.11. The number of nitrogens with one attached hydrogen (secondary N) is 1. The van der Waals surface area contributed by atoms with Crippen LogP contribution >= 0.6 is 11.6 Å². The van der Waals surface area contributed by atoms with E-state index in [1.807, 2.05) is 4.89 Å². The predicted octanol–water partition coefficient (Wildman–Crippen LogP) is 1.50. The summed E-state index contributed by atoms with van der Waals surface area (Å²) in [6.07, 6.45) is 0. The zero-order valence-corrected chi connectivity index (χ0v) is 11.1. The Morgan fingerprint density at radius 2 is 2.06 bits per heavy atom. The lowest BCUT2D eigenvalue weighted by Crippen LogP contribution is -2.26. The lowest BCUT2D eigenvalue weighted by Gasteiger charge is -2.09. The molecule has 7 heteroatoms. The molecule has 0 heterocycles.